The molecule has 3 rings (SSSR count). The predicted octanol–water partition coefficient (Wildman–Crippen LogP) is 2.32. The second-order valence-corrected chi connectivity index (χ2v) is 5.20. The van der Waals surface area contributed by atoms with Crippen LogP contribution in [0.1, 0.15) is 5.56 Å². The number of halogens is 1. The molecule has 0 radical (unpaired) electrons. The quantitative estimate of drug-likeness (QED) is 0.739. The van der Waals surface area contributed by atoms with E-state index in [1.165, 1.54) is 0 Å². The van der Waals surface area contributed by atoms with Crippen molar-refractivity contribution in [3.05, 3.63) is 63.2 Å². The standard InChI is InChI=1S/C14H12BrN3O2/c1-20-11-2-3-12(15)10(8-11)9-17-6-7-18-13(14(17)19)4-5-16-18/h2-8H,9H2,1H3. The summed E-state index contributed by atoms with van der Waals surface area (Å²) in [7, 11) is 1.62. The van der Waals surface area contributed by atoms with Gasteiger partial charge in [0.2, 0.25) is 0 Å². The molecule has 2 aromatic heterocycles. The van der Waals surface area contributed by atoms with Crippen molar-refractivity contribution in [3.63, 3.8) is 0 Å². The average Bonchev–Trinajstić information content (AvgIpc) is 2.93. The van der Waals surface area contributed by atoms with Gasteiger partial charge in [0.1, 0.15) is 11.3 Å². The van der Waals surface area contributed by atoms with E-state index in [2.05, 4.69) is 21.0 Å². The average molecular weight is 334 g/mol. The minimum absolute atomic E-state index is 0.0697. The third-order valence-corrected chi connectivity index (χ3v) is 3.91. The first-order chi connectivity index (χ1) is 9.69. The molecule has 102 valence electrons. The van der Waals surface area contributed by atoms with Gasteiger partial charge in [0, 0.05) is 16.9 Å². The van der Waals surface area contributed by atoms with Crippen LogP contribution in [-0.2, 0) is 6.54 Å². The Hall–Kier alpha value is -2.08. The second kappa shape index (κ2) is 5.13. The molecule has 0 aliphatic carbocycles. The number of benzene rings is 1. The number of hydrogen-bond donors (Lipinski definition) is 0. The molecule has 0 spiro atoms. The molecule has 0 saturated carbocycles. The largest absolute Gasteiger partial charge is 0.497 e. The van der Waals surface area contributed by atoms with Gasteiger partial charge in [0.15, 0.2) is 0 Å². The van der Waals surface area contributed by atoms with Crippen LogP contribution in [0, 0.1) is 0 Å². The van der Waals surface area contributed by atoms with Gasteiger partial charge in [-0.15, -0.1) is 0 Å². The molecule has 0 bridgehead atoms. The first-order valence-electron chi connectivity index (χ1n) is 6.04. The molecule has 0 aliphatic rings. The van der Waals surface area contributed by atoms with E-state index in [1.807, 2.05) is 18.2 Å². The maximum absolute atomic E-state index is 12.3. The van der Waals surface area contributed by atoms with Gasteiger partial charge in [0.05, 0.1) is 19.9 Å². The van der Waals surface area contributed by atoms with E-state index in [4.69, 9.17) is 4.74 Å². The molecule has 0 amide bonds. The van der Waals surface area contributed by atoms with Gasteiger partial charge in [0.25, 0.3) is 5.56 Å². The van der Waals surface area contributed by atoms with E-state index in [-0.39, 0.29) is 5.56 Å². The Morgan fingerprint density at radius 1 is 1.30 bits per heavy atom. The highest BCUT2D eigenvalue weighted by atomic mass is 79.9. The van der Waals surface area contributed by atoms with Crippen LogP contribution in [-0.4, -0.2) is 21.3 Å². The van der Waals surface area contributed by atoms with Gasteiger partial charge in [-0.1, -0.05) is 15.9 Å². The van der Waals surface area contributed by atoms with Crippen molar-refractivity contribution in [2.75, 3.05) is 7.11 Å². The Morgan fingerprint density at radius 3 is 2.95 bits per heavy atom. The lowest BCUT2D eigenvalue weighted by molar-refractivity contribution is 0.414. The molecule has 0 aliphatic heterocycles. The predicted molar refractivity (Wildman–Crippen MR) is 79.2 cm³/mol. The summed E-state index contributed by atoms with van der Waals surface area (Å²) in [6.45, 7) is 0.471. The van der Waals surface area contributed by atoms with E-state index >= 15 is 0 Å². The van der Waals surface area contributed by atoms with E-state index in [1.54, 1.807) is 40.8 Å². The van der Waals surface area contributed by atoms with E-state index in [0.29, 0.717) is 12.1 Å². The van der Waals surface area contributed by atoms with Crippen LogP contribution in [0.25, 0.3) is 5.52 Å². The van der Waals surface area contributed by atoms with Crippen molar-refractivity contribution in [1.82, 2.24) is 14.2 Å². The molecule has 0 fully saturated rings. The SMILES string of the molecule is COc1ccc(Br)c(Cn2ccn3nccc3c2=O)c1. The van der Waals surface area contributed by atoms with Gasteiger partial charge in [-0.2, -0.15) is 5.10 Å². The molecule has 0 saturated heterocycles. The normalized spacial score (nSPS) is 10.9. The Labute approximate surface area is 123 Å². The van der Waals surface area contributed by atoms with Crippen LogP contribution in [0.15, 0.2) is 52.1 Å². The summed E-state index contributed by atoms with van der Waals surface area (Å²) in [6, 6.07) is 7.41. The molecule has 6 heteroatoms. The number of nitrogens with zero attached hydrogens (tertiary/aromatic N) is 3. The van der Waals surface area contributed by atoms with Gasteiger partial charge in [-0.05, 0) is 29.8 Å². The van der Waals surface area contributed by atoms with Crippen LogP contribution in [0.5, 0.6) is 5.75 Å². The van der Waals surface area contributed by atoms with Crippen LogP contribution < -0.4 is 10.3 Å². The maximum Gasteiger partial charge on any atom is 0.276 e. The third-order valence-electron chi connectivity index (χ3n) is 3.13. The van der Waals surface area contributed by atoms with Gasteiger partial charge in [-0.25, -0.2) is 4.52 Å². The number of methoxy groups -OCH3 is 1. The lowest BCUT2D eigenvalue weighted by Gasteiger charge is -2.10. The van der Waals surface area contributed by atoms with Crippen molar-refractivity contribution < 1.29 is 4.74 Å². The summed E-state index contributed by atoms with van der Waals surface area (Å²) < 4.78 is 9.37. The molecule has 3 aromatic rings. The number of rotatable bonds is 3. The first kappa shape index (κ1) is 12.9. The molecular formula is C14H12BrN3O2. The molecule has 0 atom stereocenters. The minimum Gasteiger partial charge on any atom is -0.497 e. The van der Waals surface area contributed by atoms with Gasteiger partial charge < -0.3 is 9.30 Å². The highest BCUT2D eigenvalue weighted by Gasteiger charge is 2.07. The van der Waals surface area contributed by atoms with Crippen molar-refractivity contribution in [1.29, 1.82) is 0 Å². The van der Waals surface area contributed by atoms with Crippen LogP contribution in [0.3, 0.4) is 0 Å². The van der Waals surface area contributed by atoms with Crippen molar-refractivity contribution in [2.45, 2.75) is 6.54 Å². The van der Waals surface area contributed by atoms with E-state index in [9.17, 15) is 4.79 Å². The fraction of sp³-hybridized carbons (Fsp3) is 0.143. The zero-order valence-electron chi connectivity index (χ0n) is 10.8. The summed E-state index contributed by atoms with van der Waals surface area (Å²) in [5.41, 5.74) is 1.47. The number of aromatic nitrogens is 3. The Bertz CT molecular complexity index is 823. The Balaban J connectivity index is 2.05. The minimum atomic E-state index is -0.0697. The van der Waals surface area contributed by atoms with E-state index < -0.39 is 0 Å². The van der Waals surface area contributed by atoms with Crippen molar-refractivity contribution in [3.8, 4) is 5.75 Å². The number of hydrogen-bond acceptors (Lipinski definition) is 3. The topological polar surface area (TPSA) is 48.5 Å². The summed E-state index contributed by atoms with van der Waals surface area (Å²) in [5, 5.41) is 4.05. The first-order valence-corrected chi connectivity index (χ1v) is 6.83. The zero-order chi connectivity index (χ0) is 14.1. The molecule has 2 heterocycles. The summed E-state index contributed by atoms with van der Waals surface area (Å²) in [6.07, 6.45) is 5.11. The fourth-order valence-corrected chi connectivity index (χ4v) is 2.44. The summed E-state index contributed by atoms with van der Waals surface area (Å²) in [4.78, 5) is 12.3. The molecule has 0 N–H and O–H groups in total. The second-order valence-electron chi connectivity index (χ2n) is 4.35. The lowest BCUT2D eigenvalue weighted by atomic mass is 10.2. The number of ether oxygens (including phenoxy) is 1. The summed E-state index contributed by atoms with van der Waals surface area (Å²) in [5.74, 6) is 0.765. The highest BCUT2D eigenvalue weighted by Crippen LogP contribution is 2.22. The van der Waals surface area contributed by atoms with Crippen molar-refractivity contribution in [2.24, 2.45) is 0 Å². The monoisotopic (exact) mass is 333 g/mol. The van der Waals surface area contributed by atoms with Gasteiger partial charge >= 0.3 is 0 Å². The van der Waals surface area contributed by atoms with Crippen LogP contribution in [0.4, 0.5) is 0 Å². The lowest BCUT2D eigenvalue weighted by Crippen LogP contribution is -2.22. The molecule has 5 nitrogen and oxygen atoms in total. The zero-order valence-corrected chi connectivity index (χ0v) is 12.4. The van der Waals surface area contributed by atoms with Crippen LogP contribution >= 0.6 is 15.9 Å². The van der Waals surface area contributed by atoms with Gasteiger partial charge in [-0.3, -0.25) is 4.79 Å². The molecule has 1 aromatic carbocycles. The maximum atomic E-state index is 12.3. The smallest absolute Gasteiger partial charge is 0.276 e. The third kappa shape index (κ3) is 2.22. The van der Waals surface area contributed by atoms with E-state index in [0.717, 1.165) is 15.8 Å². The number of fused-ring (bicyclic) bond motifs is 1. The van der Waals surface area contributed by atoms with Crippen molar-refractivity contribution >= 4 is 21.4 Å². The Morgan fingerprint density at radius 2 is 2.15 bits per heavy atom. The molecule has 20 heavy (non-hydrogen) atoms. The fourth-order valence-electron chi connectivity index (χ4n) is 2.07. The highest BCUT2D eigenvalue weighted by molar-refractivity contribution is 9.10. The van der Waals surface area contributed by atoms with Crippen LogP contribution in [0.2, 0.25) is 0 Å². The Kier molecular flexibility index (Phi) is 3.31. The molecular weight excluding hydrogens is 322 g/mol. The summed E-state index contributed by atoms with van der Waals surface area (Å²) >= 11 is 3.50. The molecule has 0 unspecified atom stereocenters.